The van der Waals surface area contributed by atoms with Crippen LogP contribution in [0.15, 0.2) is 66.7 Å². The highest BCUT2D eigenvalue weighted by Gasteiger charge is 2.21. The molecule has 1 N–H and O–H groups in total. The van der Waals surface area contributed by atoms with Gasteiger partial charge in [-0.25, -0.2) is 0 Å². The molecule has 0 aliphatic carbocycles. The number of hydrogen-bond acceptors (Lipinski definition) is 4. The number of likely N-dealkylation sites (N-methyl/N-ethyl adjacent to an activating group) is 1. The van der Waals surface area contributed by atoms with Crippen LogP contribution in [0.3, 0.4) is 0 Å². The van der Waals surface area contributed by atoms with Crippen LogP contribution >= 0.6 is 0 Å². The summed E-state index contributed by atoms with van der Waals surface area (Å²) in [5, 5.41) is 2.83. The summed E-state index contributed by atoms with van der Waals surface area (Å²) in [4.78, 5) is 30.8. The van der Waals surface area contributed by atoms with Crippen LogP contribution in [-0.4, -0.2) is 68.4 Å². The maximum absolute atomic E-state index is 12.7. The van der Waals surface area contributed by atoms with Gasteiger partial charge < -0.3 is 20.0 Å². The van der Waals surface area contributed by atoms with Crippen molar-refractivity contribution in [1.29, 1.82) is 0 Å². The Morgan fingerprint density at radius 1 is 0.967 bits per heavy atom. The molecule has 3 rings (SSSR count). The van der Waals surface area contributed by atoms with Crippen molar-refractivity contribution in [1.82, 2.24) is 9.80 Å². The highest BCUT2D eigenvalue weighted by atomic mass is 16.2. The molecule has 1 aliphatic heterocycles. The first kappa shape index (κ1) is 21.6. The van der Waals surface area contributed by atoms with Crippen molar-refractivity contribution in [2.45, 2.75) is 6.42 Å². The van der Waals surface area contributed by atoms with E-state index in [1.807, 2.05) is 72.4 Å². The molecule has 2 aromatic rings. The number of carbonyl (C=O) groups excluding carboxylic acids is 2. The quantitative estimate of drug-likeness (QED) is 0.719. The van der Waals surface area contributed by atoms with Gasteiger partial charge in [0.15, 0.2) is 0 Å². The number of para-hydroxylation sites is 1. The van der Waals surface area contributed by atoms with Gasteiger partial charge in [-0.1, -0.05) is 36.4 Å². The first-order valence-electron chi connectivity index (χ1n) is 10.3. The summed E-state index contributed by atoms with van der Waals surface area (Å²) >= 11 is 0. The molecule has 0 radical (unpaired) electrons. The molecule has 1 saturated heterocycles. The third kappa shape index (κ3) is 6.46. The molecule has 2 amide bonds. The lowest BCUT2D eigenvalue weighted by Crippen LogP contribution is -2.49. The van der Waals surface area contributed by atoms with Gasteiger partial charge in [0.05, 0.1) is 6.42 Å². The SMILES string of the molecule is CN(C)C/C=C/C(=O)Nc1ccc(CC(=O)N2CCN(c3ccccc3)CC2)cc1. The summed E-state index contributed by atoms with van der Waals surface area (Å²) < 4.78 is 0. The van der Waals surface area contributed by atoms with E-state index in [0.717, 1.165) is 37.4 Å². The summed E-state index contributed by atoms with van der Waals surface area (Å²) in [6.45, 7) is 3.89. The molecule has 0 aromatic heterocycles. The first-order chi connectivity index (χ1) is 14.5. The van der Waals surface area contributed by atoms with Gasteiger partial charge in [-0.05, 0) is 43.9 Å². The number of carbonyl (C=O) groups is 2. The molecule has 30 heavy (non-hydrogen) atoms. The Morgan fingerprint density at radius 2 is 1.63 bits per heavy atom. The Labute approximate surface area is 178 Å². The number of hydrogen-bond donors (Lipinski definition) is 1. The molecule has 1 fully saturated rings. The molecule has 1 aliphatic rings. The number of anilines is 2. The molecule has 0 saturated carbocycles. The van der Waals surface area contributed by atoms with Crippen molar-refractivity contribution in [3.63, 3.8) is 0 Å². The summed E-state index contributed by atoms with van der Waals surface area (Å²) in [5.41, 5.74) is 2.88. The molecule has 0 unspecified atom stereocenters. The molecule has 1 heterocycles. The first-order valence-corrected chi connectivity index (χ1v) is 10.3. The van der Waals surface area contributed by atoms with Gasteiger partial charge in [0.1, 0.15) is 0 Å². The van der Waals surface area contributed by atoms with Crippen LogP contribution in [0.1, 0.15) is 5.56 Å². The number of piperazine rings is 1. The van der Waals surface area contributed by atoms with Gasteiger partial charge in [-0.3, -0.25) is 9.59 Å². The van der Waals surface area contributed by atoms with Crippen LogP contribution < -0.4 is 10.2 Å². The summed E-state index contributed by atoms with van der Waals surface area (Å²) in [6, 6.07) is 17.8. The van der Waals surface area contributed by atoms with Gasteiger partial charge in [0.2, 0.25) is 11.8 Å². The number of rotatable bonds is 7. The van der Waals surface area contributed by atoms with E-state index in [0.29, 0.717) is 13.0 Å². The van der Waals surface area contributed by atoms with Crippen LogP contribution in [0.25, 0.3) is 0 Å². The maximum atomic E-state index is 12.7. The van der Waals surface area contributed by atoms with Gasteiger partial charge in [-0.2, -0.15) is 0 Å². The Hall–Kier alpha value is -3.12. The van der Waals surface area contributed by atoms with E-state index in [1.54, 1.807) is 0 Å². The molecule has 0 bridgehead atoms. The number of amides is 2. The zero-order chi connectivity index (χ0) is 21.3. The number of benzene rings is 2. The van der Waals surface area contributed by atoms with E-state index in [1.165, 1.54) is 11.8 Å². The van der Waals surface area contributed by atoms with Gasteiger partial charge >= 0.3 is 0 Å². The normalized spacial score (nSPS) is 14.4. The second-order valence-electron chi connectivity index (χ2n) is 7.73. The standard InChI is InChI=1S/C24H30N4O2/c1-26(2)14-6-9-23(29)25-21-12-10-20(11-13-21)19-24(30)28-17-15-27(16-18-28)22-7-4-3-5-8-22/h3-13H,14-19H2,1-2H3,(H,25,29)/b9-6+. The Kier molecular flexibility index (Phi) is 7.63. The van der Waals surface area contributed by atoms with E-state index in [2.05, 4.69) is 22.3 Å². The lowest BCUT2D eigenvalue weighted by molar-refractivity contribution is -0.130. The molecule has 6 heteroatoms. The van der Waals surface area contributed by atoms with E-state index >= 15 is 0 Å². The number of nitrogens with one attached hydrogen (secondary N) is 1. The summed E-state index contributed by atoms with van der Waals surface area (Å²) in [5.74, 6) is -0.0110. The highest BCUT2D eigenvalue weighted by Crippen LogP contribution is 2.17. The highest BCUT2D eigenvalue weighted by molar-refractivity contribution is 5.99. The van der Waals surface area contributed by atoms with Crippen molar-refractivity contribution in [3.05, 3.63) is 72.3 Å². The van der Waals surface area contributed by atoms with Crippen LogP contribution in [0, 0.1) is 0 Å². The summed E-state index contributed by atoms with van der Waals surface area (Å²) in [7, 11) is 3.90. The fourth-order valence-electron chi connectivity index (χ4n) is 3.40. The van der Waals surface area contributed by atoms with Gasteiger partial charge in [0, 0.05) is 50.2 Å². The maximum Gasteiger partial charge on any atom is 0.248 e. The lowest BCUT2D eigenvalue weighted by atomic mass is 10.1. The topological polar surface area (TPSA) is 55.9 Å². The second-order valence-corrected chi connectivity index (χ2v) is 7.73. The third-order valence-electron chi connectivity index (χ3n) is 5.07. The monoisotopic (exact) mass is 406 g/mol. The largest absolute Gasteiger partial charge is 0.368 e. The van der Waals surface area contributed by atoms with Crippen LogP contribution in [0.2, 0.25) is 0 Å². The Morgan fingerprint density at radius 3 is 2.27 bits per heavy atom. The Bertz CT molecular complexity index is 855. The minimum Gasteiger partial charge on any atom is -0.368 e. The minimum atomic E-state index is -0.156. The minimum absolute atomic E-state index is 0.145. The smallest absolute Gasteiger partial charge is 0.248 e. The predicted octanol–water partition coefficient (Wildman–Crippen LogP) is 2.63. The van der Waals surface area contributed by atoms with Crippen molar-refractivity contribution < 1.29 is 9.59 Å². The zero-order valence-corrected chi connectivity index (χ0v) is 17.8. The van der Waals surface area contributed by atoms with E-state index in [4.69, 9.17) is 0 Å². The second kappa shape index (κ2) is 10.6. The van der Waals surface area contributed by atoms with E-state index in [-0.39, 0.29) is 11.8 Å². The van der Waals surface area contributed by atoms with E-state index < -0.39 is 0 Å². The van der Waals surface area contributed by atoms with E-state index in [9.17, 15) is 9.59 Å². The van der Waals surface area contributed by atoms with Crippen LogP contribution in [0.4, 0.5) is 11.4 Å². The predicted molar refractivity (Wildman–Crippen MR) is 122 cm³/mol. The molecular weight excluding hydrogens is 376 g/mol. The third-order valence-corrected chi connectivity index (χ3v) is 5.07. The van der Waals surface area contributed by atoms with Crippen molar-refractivity contribution >= 4 is 23.2 Å². The number of nitrogens with zero attached hydrogens (tertiary/aromatic N) is 3. The Balaban J connectivity index is 1.46. The molecular formula is C24H30N4O2. The fraction of sp³-hybridized carbons (Fsp3) is 0.333. The zero-order valence-electron chi connectivity index (χ0n) is 17.8. The summed E-state index contributed by atoms with van der Waals surface area (Å²) in [6.07, 6.45) is 3.73. The van der Waals surface area contributed by atoms with Crippen molar-refractivity contribution in [2.75, 3.05) is 57.0 Å². The average molecular weight is 407 g/mol. The van der Waals surface area contributed by atoms with Crippen LogP contribution in [0.5, 0.6) is 0 Å². The van der Waals surface area contributed by atoms with Crippen molar-refractivity contribution in [2.24, 2.45) is 0 Å². The van der Waals surface area contributed by atoms with Gasteiger partial charge in [-0.15, -0.1) is 0 Å². The molecule has 158 valence electrons. The van der Waals surface area contributed by atoms with Crippen LogP contribution in [-0.2, 0) is 16.0 Å². The van der Waals surface area contributed by atoms with Crippen molar-refractivity contribution in [3.8, 4) is 0 Å². The lowest BCUT2D eigenvalue weighted by Gasteiger charge is -2.36. The molecule has 0 atom stereocenters. The van der Waals surface area contributed by atoms with Gasteiger partial charge in [0.25, 0.3) is 0 Å². The molecule has 6 nitrogen and oxygen atoms in total. The molecule has 2 aromatic carbocycles. The average Bonchev–Trinajstić information content (AvgIpc) is 2.75. The fourth-order valence-corrected chi connectivity index (χ4v) is 3.40. The molecule has 0 spiro atoms.